The van der Waals surface area contributed by atoms with Gasteiger partial charge in [-0.05, 0) is 48.4 Å². The molecule has 8 nitrogen and oxygen atoms in total. The predicted molar refractivity (Wildman–Crippen MR) is 140 cm³/mol. The standard InChI is InChI=1S/C28H25F3N4O4/c1-18(34-11-13-38-14-12-34)26(36)33-24-16-21(8-10-25(24)39-28(29,30)31)35-17-32-23-15-20(7-9-22(23)27(35)37)19-5-3-2-4-6-19/h2-10,15-18H,11-14H2,1H3,(H,33,36). The number of aromatic nitrogens is 2. The normalized spacial score (nSPS) is 15.2. The van der Waals surface area contributed by atoms with E-state index in [1.807, 2.05) is 41.3 Å². The van der Waals surface area contributed by atoms with Gasteiger partial charge in [0.15, 0.2) is 5.75 Å². The number of fused-ring (bicyclic) bond motifs is 1. The van der Waals surface area contributed by atoms with Gasteiger partial charge in [-0.25, -0.2) is 4.98 Å². The molecule has 0 spiro atoms. The first-order valence-electron chi connectivity index (χ1n) is 12.3. The number of benzene rings is 3. The van der Waals surface area contributed by atoms with E-state index in [2.05, 4.69) is 15.0 Å². The summed E-state index contributed by atoms with van der Waals surface area (Å²) >= 11 is 0. The van der Waals surface area contributed by atoms with Crippen LogP contribution in [0.1, 0.15) is 6.92 Å². The van der Waals surface area contributed by atoms with Crippen LogP contribution in [0.4, 0.5) is 18.9 Å². The van der Waals surface area contributed by atoms with Crippen molar-refractivity contribution in [3.05, 3.63) is 83.4 Å². The molecule has 1 aliphatic rings. The van der Waals surface area contributed by atoms with Crippen molar-refractivity contribution in [3.63, 3.8) is 0 Å². The SMILES string of the molecule is CC(C(=O)Nc1cc(-n2cnc3cc(-c4ccccc4)ccc3c2=O)ccc1OC(F)(F)F)N1CCOCC1. The minimum Gasteiger partial charge on any atom is -0.404 e. The molecular formula is C28H25F3N4O4. The monoisotopic (exact) mass is 538 g/mol. The number of rotatable bonds is 6. The van der Waals surface area contributed by atoms with Gasteiger partial charge in [0.05, 0.1) is 41.5 Å². The molecule has 1 N–H and O–H groups in total. The van der Waals surface area contributed by atoms with E-state index in [1.54, 1.807) is 19.1 Å². The molecule has 39 heavy (non-hydrogen) atoms. The van der Waals surface area contributed by atoms with Crippen molar-refractivity contribution in [2.45, 2.75) is 19.3 Å². The van der Waals surface area contributed by atoms with E-state index in [1.165, 1.54) is 23.0 Å². The van der Waals surface area contributed by atoms with Crippen LogP contribution >= 0.6 is 0 Å². The Bertz CT molecular complexity index is 1550. The van der Waals surface area contributed by atoms with Gasteiger partial charge in [0.1, 0.15) is 6.33 Å². The summed E-state index contributed by atoms with van der Waals surface area (Å²) in [5.41, 5.74) is 1.91. The third-order valence-electron chi connectivity index (χ3n) is 6.56. The number of halogens is 3. The number of alkyl halides is 3. The highest BCUT2D eigenvalue weighted by molar-refractivity contribution is 5.96. The maximum Gasteiger partial charge on any atom is 0.573 e. The Morgan fingerprint density at radius 2 is 1.77 bits per heavy atom. The third-order valence-corrected chi connectivity index (χ3v) is 6.56. The highest BCUT2D eigenvalue weighted by atomic mass is 19.4. The lowest BCUT2D eigenvalue weighted by Gasteiger charge is -2.31. The summed E-state index contributed by atoms with van der Waals surface area (Å²) in [6, 6.07) is 17.9. The molecule has 1 unspecified atom stereocenters. The van der Waals surface area contributed by atoms with Crippen LogP contribution in [0.3, 0.4) is 0 Å². The number of carbonyl (C=O) groups is 1. The van der Waals surface area contributed by atoms with E-state index >= 15 is 0 Å². The van der Waals surface area contributed by atoms with E-state index in [0.717, 1.165) is 17.2 Å². The molecule has 1 aliphatic heterocycles. The summed E-state index contributed by atoms with van der Waals surface area (Å²) in [6.45, 7) is 3.62. The van der Waals surface area contributed by atoms with Crippen LogP contribution in [0.5, 0.6) is 5.75 Å². The number of morpholine rings is 1. The van der Waals surface area contributed by atoms with Crippen LogP contribution < -0.4 is 15.6 Å². The van der Waals surface area contributed by atoms with Gasteiger partial charge in [-0.15, -0.1) is 13.2 Å². The fourth-order valence-electron chi connectivity index (χ4n) is 4.46. The molecule has 0 bridgehead atoms. The van der Waals surface area contributed by atoms with Crippen molar-refractivity contribution in [1.82, 2.24) is 14.5 Å². The van der Waals surface area contributed by atoms with Crippen LogP contribution in [-0.4, -0.2) is 59.1 Å². The van der Waals surface area contributed by atoms with Gasteiger partial charge in [-0.3, -0.25) is 19.1 Å². The first kappa shape index (κ1) is 26.4. The minimum absolute atomic E-state index is 0.213. The smallest absolute Gasteiger partial charge is 0.404 e. The lowest BCUT2D eigenvalue weighted by Crippen LogP contribution is -2.47. The van der Waals surface area contributed by atoms with Crippen LogP contribution in [-0.2, 0) is 9.53 Å². The van der Waals surface area contributed by atoms with Gasteiger partial charge in [0.2, 0.25) is 5.91 Å². The van der Waals surface area contributed by atoms with Crippen molar-refractivity contribution in [2.24, 2.45) is 0 Å². The van der Waals surface area contributed by atoms with Gasteiger partial charge in [0.25, 0.3) is 5.56 Å². The lowest BCUT2D eigenvalue weighted by molar-refractivity contribution is -0.274. The summed E-state index contributed by atoms with van der Waals surface area (Å²) in [5, 5.41) is 2.87. The molecule has 0 radical (unpaired) electrons. The Morgan fingerprint density at radius 3 is 2.49 bits per heavy atom. The van der Waals surface area contributed by atoms with Crippen molar-refractivity contribution < 1.29 is 27.4 Å². The van der Waals surface area contributed by atoms with Gasteiger partial charge < -0.3 is 14.8 Å². The van der Waals surface area contributed by atoms with Crippen LogP contribution in [0.2, 0.25) is 0 Å². The molecule has 0 aliphatic carbocycles. The molecule has 0 saturated carbocycles. The molecule has 1 fully saturated rings. The number of hydrogen-bond acceptors (Lipinski definition) is 6. The average molecular weight is 539 g/mol. The van der Waals surface area contributed by atoms with Gasteiger partial charge in [0, 0.05) is 13.1 Å². The molecule has 11 heteroatoms. The first-order chi connectivity index (χ1) is 18.7. The van der Waals surface area contributed by atoms with E-state index in [9.17, 15) is 22.8 Å². The Balaban J connectivity index is 1.49. The number of nitrogens with one attached hydrogen (secondary N) is 1. The zero-order valence-corrected chi connectivity index (χ0v) is 20.9. The number of nitrogens with zero attached hydrogens (tertiary/aromatic N) is 3. The van der Waals surface area contributed by atoms with E-state index in [4.69, 9.17) is 4.74 Å². The maximum absolute atomic E-state index is 13.3. The van der Waals surface area contributed by atoms with E-state index in [0.29, 0.717) is 37.2 Å². The summed E-state index contributed by atoms with van der Waals surface area (Å²) in [5.74, 6) is -1.11. The second-order valence-corrected chi connectivity index (χ2v) is 9.06. The summed E-state index contributed by atoms with van der Waals surface area (Å²) in [4.78, 5) is 32.6. The maximum atomic E-state index is 13.3. The third kappa shape index (κ3) is 5.94. The molecule has 1 saturated heterocycles. The first-order valence-corrected chi connectivity index (χ1v) is 12.3. The lowest BCUT2D eigenvalue weighted by atomic mass is 10.0. The topological polar surface area (TPSA) is 85.7 Å². The van der Waals surface area contributed by atoms with Gasteiger partial charge in [-0.1, -0.05) is 36.4 Å². The van der Waals surface area contributed by atoms with Gasteiger partial charge in [-0.2, -0.15) is 0 Å². The molecule has 4 aromatic rings. The average Bonchev–Trinajstić information content (AvgIpc) is 2.94. The zero-order valence-electron chi connectivity index (χ0n) is 20.9. The molecule has 3 aromatic carbocycles. The molecule has 202 valence electrons. The number of hydrogen-bond donors (Lipinski definition) is 1. The number of carbonyl (C=O) groups excluding carboxylic acids is 1. The quantitative estimate of drug-likeness (QED) is 0.386. The fraction of sp³-hybridized carbons (Fsp3) is 0.250. The second kappa shape index (κ2) is 10.9. The van der Waals surface area contributed by atoms with Crippen molar-refractivity contribution in [1.29, 1.82) is 0 Å². The molecule has 1 aromatic heterocycles. The summed E-state index contributed by atoms with van der Waals surface area (Å²) in [6.07, 6.45) is -3.67. The van der Waals surface area contributed by atoms with Crippen molar-refractivity contribution >= 4 is 22.5 Å². The van der Waals surface area contributed by atoms with Crippen LogP contribution in [0, 0.1) is 0 Å². The molecule has 2 heterocycles. The Morgan fingerprint density at radius 1 is 1.03 bits per heavy atom. The largest absolute Gasteiger partial charge is 0.573 e. The van der Waals surface area contributed by atoms with Crippen molar-refractivity contribution in [2.75, 3.05) is 31.6 Å². The van der Waals surface area contributed by atoms with E-state index in [-0.39, 0.29) is 11.4 Å². The second-order valence-electron chi connectivity index (χ2n) is 9.06. The zero-order chi connectivity index (χ0) is 27.6. The Labute approximate surface area is 221 Å². The molecule has 1 amide bonds. The highest BCUT2D eigenvalue weighted by Crippen LogP contribution is 2.32. The van der Waals surface area contributed by atoms with Crippen LogP contribution in [0.15, 0.2) is 77.9 Å². The summed E-state index contributed by atoms with van der Waals surface area (Å²) in [7, 11) is 0. The fourth-order valence-corrected chi connectivity index (χ4v) is 4.46. The highest BCUT2D eigenvalue weighted by Gasteiger charge is 2.33. The molecule has 5 rings (SSSR count). The van der Waals surface area contributed by atoms with Crippen LogP contribution in [0.25, 0.3) is 27.7 Å². The molecular weight excluding hydrogens is 513 g/mol. The number of ether oxygens (including phenoxy) is 2. The summed E-state index contributed by atoms with van der Waals surface area (Å²) < 4.78 is 50.0. The Hall–Kier alpha value is -4.22. The molecule has 1 atom stereocenters. The van der Waals surface area contributed by atoms with Gasteiger partial charge >= 0.3 is 6.36 Å². The number of anilines is 1. The van der Waals surface area contributed by atoms with E-state index < -0.39 is 29.6 Å². The van der Waals surface area contributed by atoms with Crippen molar-refractivity contribution in [3.8, 4) is 22.6 Å². The minimum atomic E-state index is -4.98. The predicted octanol–water partition coefficient (Wildman–Crippen LogP) is 4.61. The Kier molecular flexibility index (Phi) is 7.36. The number of amides is 1.